The summed E-state index contributed by atoms with van der Waals surface area (Å²) in [6.07, 6.45) is 5.54. The van der Waals surface area contributed by atoms with Crippen LogP contribution >= 0.6 is 11.8 Å². The minimum atomic E-state index is -0.999. The molecule has 1 saturated carbocycles. The first-order valence-electron chi connectivity index (χ1n) is 8.31. The van der Waals surface area contributed by atoms with E-state index in [4.69, 9.17) is 0 Å². The first-order valence-corrected chi connectivity index (χ1v) is 9.54. The number of benzene rings is 2. The molecule has 0 radical (unpaired) electrons. The van der Waals surface area contributed by atoms with Gasteiger partial charge in [0, 0.05) is 16.9 Å². The Bertz CT molecular complexity index is 794. The molecule has 130 valence electrons. The van der Waals surface area contributed by atoms with Crippen molar-refractivity contribution in [2.75, 3.05) is 12.8 Å². The molecule has 0 heterocycles. The van der Waals surface area contributed by atoms with Gasteiger partial charge < -0.3 is 10.4 Å². The molecular weight excluding hydrogens is 334 g/mol. The summed E-state index contributed by atoms with van der Waals surface area (Å²) in [5.41, 5.74) is 1.91. The number of hydrogen-bond donors (Lipinski definition) is 2. The molecular formula is C20H21NO3S. The zero-order chi connectivity index (χ0) is 17.9. The Morgan fingerprint density at radius 2 is 1.60 bits per heavy atom. The fourth-order valence-corrected chi connectivity index (χ4v) is 4.09. The van der Waals surface area contributed by atoms with Gasteiger partial charge in [-0.15, -0.1) is 0 Å². The average Bonchev–Trinajstić information content (AvgIpc) is 2.61. The number of carboxylic acid groups (broad SMARTS) is 1. The molecule has 0 unspecified atom stereocenters. The van der Waals surface area contributed by atoms with E-state index in [1.54, 1.807) is 42.5 Å². The zero-order valence-electron chi connectivity index (χ0n) is 14.1. The predicted molar refractivity (Wildman–Crippen MR) is 101 cm³/mol. The molecule has 1 fully saturated rings. The van der Waals surface area contributed by atoms with E-state index in [0.717, 1.165) is 12.8 Å². The Balaban J connectivity index is 1.89. The van der Waals surface area contributed by atoms with E-state index in [2.05, 4.69) is 11.6 Å². The standard InChI is InChI=1S/C20H21NO3S/c1-25-20(11-6-12-20)13-21-18(22)16-9-4-2-7-14(16)15-8-3-5-10-17(15)19(23)24/h2-5,7-10H,6,11-13H2,1H3,(H,21,22)(H,23,24). The van der Waals surface area contributed by atoms with Crippen molar-refractivity contribution < 1.29 is 14.7 Å². The molecule has 0 saturated heterocycles. The third-order valence-corrected chi connectivity index (χ3v) is 6.31. The number of aromatic carboxylic acids is 1. The van der Waals surface area contributed by atoms with Crippen LogP contribution in [0.2, 0.25) is 0 Å². The fourth-order valence-electron chi connectivity index (χ4n) is 3.18. The molecule has 4 nitrogen and oxygen atoms in total. The lowest BCUT2D eigenvalue weighted by atomic mass is 9.84. The van der Waals surface area contributed by atoms with Gasteiger partial charge in [-0.05, 0) is 42.4 Å². The van der Waals surface area contributed by atoms with Crippen molar-refractivity contribution in [1.29, 1.82) is 0 Å². The predicted octanol–water partition coefficient (Wildman–Crippen LogP) is 4.07. The van der Waals surface area contributed by atoms with Crippen molar-refractivity contribution >= 4 is 23.6 Å². The minimum absolute atomic E-state index is 0.156. The van der Waals surface area contributed by atoms with Gasteiger partial charge in [0.25, 0.3) is 5.91 Å². The van der Waals surface area contributed by atoms with Gasteiger partial charge in [0.05, 0.1) is 5.56 Å². The number of nitrogens with one attached hydrogen (secondary N) is 1. The van der Waals surface area contributed by atoms with Crippen LogP contribution < -0.4 is 5.32 Å². The second-order valence-electron chi connectivity index (χ2n) is 6.32. The largest absolute Gasteiger partial charge is 0.478 e. The Hall–Kier alpha value is -2.27. The fraction of sp³-hybridized carbons (Fsp3) is 0.300. The highest BCUT2D eigenvalue weighted by Gasteiger charge is 2.36. The van der Waals surface area contributed by atoms with Gasteiger partial charge in [-0.25, -0.2) is 4.79 Å². The monoisotopic (exact) mass is 355 g/mol. The van der Waals surface area contributed by atoms with E-state index in [1.807, 2.05) is 17.8 Å². The lowest BCUT2D eigenvalue weighted by Crippen LogP contribution is -2.45. The lowest BCUT2D eigenvalue weighted by molar-refractivity contribution is 0.0697. The van der Waals surface area contributed by atoms with Crippen molar-refractivity contribution in [2.45, 2.75) is 24.0 Å². The molecule has 3 rings (SSSR count). The molecule has 1 amide bonds. The van der Waals surface area contributed by atoms with Crippen LogP contribution in [0, 0.1) is 0 Å². The van der Waals surface area contributed by atoms with Crippen LogP contribution in [0.5, 0.6) is 0 Å². The SMILES string of the molecule is CSC1(CNC(=O)c2ccccc2-c2ccccc2C(=O)O)CCC1. The Morgan fingerprint density at radius 1 is 1.04 bits per heavy atom. The second kappa shape index (κ2) is 7.31. The first kappa shape index (κ1) is 17.5. The maximum Gasteiger partial charge on any atom is 0.336 e. The van der Waals surface area contributed by atoms with Crippen LogP contribution in [0.25, 0.3) is 11.1 Å². The number of carbonyl (C=O) groups excluding carboxylic acids is 1. The summed E-state index contributed by atoms with van der Waals surface area (Å²) in [7, 11) is 0. The zero-order valence-corrected chi connectivity index (χ0v) is 14.9. The van der Waals surface area contributed by atoms with Gasteiger partial charge in [0.1, 0.15) is 0 Å². The number of carboxylic acids is 1. The van der Waals surface area contributed by atoms with Crippen LogP contribution in [0.3, 0.4) is 0 Å². The highest BCUT2D eigenvalue weighted by molar-refractivity contribution is 8.00. The van der Waals surface area contributed by atoms with Crippen molar-refractivity contribution in [2.24, 2.45) is 0 Å². The van der Waals surface area contributed by atoms with Gasteiger partial charge in [-0.2, -0.15) is 11.8 Å². The van der Waals surface area contributed by atoms with Gasteiger partial charge in [-0.1, -0.05) is 42.8 Å². The molecule has 1 aliphatic rings. The summed E-state index contributed by atoms with van der Waals surface area (Å²) in [4.78, 5) is 24.3. The molecule has 2 aromatic rings. The summed E-state index contributed by atoms with van der Waals surface area (Å²) in [5, 5.41) is 12.5. The maximum atomic E-state index is 12.8. The summed E-state index contributed by atoms with van der Waals surface area (Å²) in [6, 6.07) is 13.9. The Morgan fingerprint density at radius 3 is 2.12 bits per heavy atom. The van der Waals surface area contributed by atoms with E-state index in [0.29, 0.717) is 23.2 Å². The number of hydrogen-bond acceptors (Lipinski definition) is 3. The summed E-state index contributed by atoms with van der Waals surface area (Å²) >= 11 is 1.81. The molecule has 0 aliphatic heterocycles. The smallest absolute Gasteiger partial charge is 0.336 e. The highest BCUT2D eigenvalue weighted by atomic mass is 32.2. The summed E-state index contributed by atoms with van der Waals surface area (Å²) in [6.45, 7) is 0.641. The number of amides is 1. The molecule has 5 heteroatoms. The van der Waals surface area contributed by atoms with Crippen LogP contribution in [-0.4, -0.2) is 34.5 Å². The van der Waals surface area contributed by atoms with Crippen LogP contribution in [0.15, 0.2) is 48.5 Å². The third-order valence-electron chi connectivity index (χ3n) is 4.89. The highest BCUT2D eigenvalue weighted by Crippen LogP contribution is 2.42. The minimum Gasteiger partial charge on any atom is -0.478 e. The molecule has 0 bridgehead atoms. The van der Waals surface area contributed by atoms with E-state index < -0.39 is 5.97 Å². The molecule has 0 spiro atoms. The first-order chi connectivity index (χ1) is 12.1. The van der Waals surface area contributed by atoms with Crippen LogP contribution in [-0.2, 0) is 0 Å². The number of thioether (sulfide) groups is 1. The summed E-state index contributed by atoms with van der Waals surface area (Å²) in [5.74, 6) is -1.15. The molecule has 0 aromatic heterocycles. The molecule has 2 aromatic carbocycles. The Kier molecular flexibility index (Phi) is 5.13. The van der Waals surface area contributed by atoms with E-state index in [9.17, 15) is 14.7 Å². The molecule has 0 atom stereocenters. The van der Waals surface area contributed by atoms with Crippen molar-refractivity contribution in [3.05, 3.63) is 59.7 Å². The van der Waals surface area contributed by atoms with Crippen molar-refractivity contribution in [1.82, 2.24) is 5.32 Å². The van der Waals surface area contributed by atoms with E-state index >= 15 is 0 Å². The number of carbonyl (C=O) groups is 2. The normalized spacial score (nSPS) is 15.2. The van der Waals surface area contributed by atoms with Gasteiger partial charge in [0.2, 0.25) is 0 Å². The lowest BCUT2D eigenvalue weighted by Gasteiger charge is -2.40. The molecule has 2 N–H and O–H groups in total. The maximum absolute atomic E-state index is 12.8. The van der Waals surface area contributed by atoms with Crippen molar-refractivity contribution in [3.63, 3.8) is 0 Å². The van der Waals surface area contributed by atoms with Gasteiger partial charge in [0.15, 0.2) is 0 Å². The third kappa shape index (κ3) is 3.56. The molecule has 1 aliphatic carbocycles. The van der Waals surface area contributed by atoms with E-state index in [1.165, 1.54) is 6.42 Å². The number of rotatable bonds is 6. The van der Waals surface area contributed by atoms with Crippen LogP contribution in [0.1, 0.15) is 40.0 Å². The van der Waals surface area contributed by atoms with Crippen molar-refractivity contribution in [3.8, 4) is 11.1 Å². The quantitative estimate of drug-likeness (QED) is 0.820. The topological polar surface area (TPSA) is 66.4 Å². The molecule has 25 heavy (non-hydrogen) atoms. The van der Waals surface area contributed by atoms with Crippen LogP contribution in [0.4, 0.5) is 0 Å². The van der Waals surface area contributed by atoms with E-state index in [-0.39, 0.29) is 16.2 Å². The van der Waals surface area contributed by atoms with Gasteiger partial charge in [-0.3, -0.25) is 4.79 Å². The Labute approximate surface area is 151 Å². The average molecular weight is 355 g/mol. The summed E-state index contributed by atoms with van der Waals surface area (Å²) < 4.78 is 0.156. The second-order valence-corrected chi connectivity index (χ2v) is 7.59. The van der Waals surface area contributed by atoms with Gasteiger partial charge >= 0.3 is 5.97 Å².